The Morgan fingerprint density at radius 3 is 2.76 bits per heavy atom. The Kier molecular flexibility index (Phi) is 5.43. The van der Waals surface area contributed by atoms with Gasteiger partial charge in [-0.25, -0.2) is 4.98 Å². The Balaban J connectivity index is 1.48. The van der Waals surface area contributed by atoms with Crippen LogP contribution in [0.4, 0.5) is 5.82 Å². The quantitative estimate of drug-likeness (QED) is 0.795. The molecular formula is C20H23N3O2. The summed E-state index contributed by atoms with van der Waals surface area (Å²) in [5, 5.41) is 6.04. The number of carbonyl (C=O) groups excluding carboxylic acids is 2. The highest BCUT2D eigenvalue weighted by Crippen LogP contribution is 2.26. The van der Waals surface area contributed by atoms with Crippen molar-refractivity contribution >= 4 is 17.5 Å². The van der Waals surface area contributed by atoms with Crippen molar-refractivity contribution < 1.29 is 9.59 Å². The molecule has 0 spiro atoms. The zero-order chi connectivity index (χ0) is 17.6. The number of unbranched alkanes of at least 4 members (excludes halogenated alkanes) is 1. The van der Waals surface area contributed by atoms with Crippen LogP contribution >= 0.6 is 0 Å². The molecule has 0 saturated heterocycles. The molecular weight excluding hydrogens is 314 g/mol. The molecule has 3 rings (SSSR count). The minimum absolute atomic E-state index is 0.0360. The van der Waals surface area contributed by atoms with Gasteiger partial charge in [0, 0.05) is 18.7 Å². The molecule has 1 aliphatic rings. The first-order valence-electron chi connectivity index (χ1n) is 8.74. The highest BCUT2D eigenvalue weighted by Gasteiger charge is 2.36. The number of anilines is 1. The van der Waals surface area contributed by atoms with Crippen molar-refractivity contribution in [3.63, 3.8) is 0 Å². The van der Waals surface area contributed by atoms with Gasteiger partial charge in [0.15, 0.2) is 5.78 Å². The van der Waals surface area contributed by atoms with E-state index in [4.69, 9.17) is 0 Å². The van der Waals surface area contributed by atoms with Gasteiger partial charge in [-0.15, -0.1) is 0 Å². The summed E-state index contributed by atoms with van der Waals surface area (Å²) >= 11 is 0. The van der Waals surface area contributed by atoms with Gasteiger partial charge in [0.2, 0.25) is 5.91 Å². The van der Waals surface area contributed by atoms with Crippen molar-refractivity contribution in [1.29, 1.82) is 0 Å². The summed E-state index contributed by atoms with van der Waals surface area (Å²) in [6.45, 7) is 2.39. The van der Waals surface area contributed by atoms with Crippen LogP contribution < -0.4 is 10.6 Å². The average Bonchev–Trinajstić information content (AvgIpc) is 2.65. The maximum atomic E-state index is 12.4. The second-order valence-electron chi connectivity index (χ2n) is 6.41. The number of aryl methyl sites for hydroxylation is 1. The molecule has 1 amide bonds. The third-order valence-corrected chi connectivity index (χ3v) is 4.60. The van der Waals surface area contributed by atoms with Gasteiger partial charge < -0.3 is 10.6 Å². The fourth-order valence-corrected chi connectivity index (χ4v) is 3.10. The minimum Gasteiger partial charge on any atom is -0.357 e. The maximum Gasteiger partial charge on any atom is 0.243 e. The number of carbonyl (C=O) groups is 2. The summed E-state index contributed by atoms with van der Waals surface area (Å²) in [7, 11) is 0. The predicted octanol–water partition coefficient (Wildman–Crippen LogP) is 2.83. The molecule has 2 aromatic rings. The van der Waals surface area contributed by atoms with Crippen molar-refractivity contribution in [3.8, 4) is 0 Å². The Labute approximate surface area is 147 Å². The first-order valence-corrected chi connectivity index (χ1v) is 8.74. The van der Waals surface area contributed by atoms with Crippen LogP contribution in [0.1, 0.15) is 35.7 Å². The lowest BCUT2D eigenvalue weighted by atomic mass is 9.88. The van der Waals surface area contributed by atoms with E-state index in [0.717, 1.165) is 19.3 Å². The van der Waals surface area contributed by atoms with Crippen LogP contribution in [0.15, 0.2) is 48.7 Å². The van der Waals surface area contributed by atoms with E-state index in [1.54, 1.807) is 25.3 Å². The fourth-order valence-electron chi connectivity index (χ4n) is 3.10. The summed E-state index contributed by atoms with van der Waals surface area (Å²) in [4.78, 5) is 29.0. The molecule has 1 aromatic carbocycles. The second-order valence-corrected chi connectivity index (χ2v) is 6.41. The lowest BCUT2D eigenvalue weighted by molar-refractivity contribution is -0.122. The summed E-state index contributed by atoms with van der Waals surface area (Å²) in [6.07, 6.45) is 4.55. The minimum atomic E-state index is -0.566. The molecule has 0 radical (unpaired) electrons. The van der Waals surface area contributed by atoms with Gasteiger partial charge in [-0.2, -0.15) is 0 Å². The van der Waals surface area contributed by atoms with Crippen molar-refractivity contribution in [3.05, 3.63) is 59.8 Å². The van der Waals surface area contributed by atoms with E-state index in [1.807, 2.05) is 18.2 Å². The standard InChI is InChI=1S/C20H23N3O2/c1-14-17(23-19-16(18(14)24)11-7-13-21-19)20(25)22-12-6-5-10-15-8-3-2-4-9-15/h2-4,7-9,11,13-14,17H,5-6,10,12H2,1H3,(H,21,23)(H,22,25). The number of aromatic nitrogens is 1. The third kappa shape index (κ3) is 4.05. The second kappa shape index (κ2) is 7.92. The van der Waals surface area contributed by atoms with Gasteiger partial charge >= 0.3 is 0 Å². The van der Waals surface area contributed by atoms with Gasteiger partial charge in [-0.3, -0.25) is 9.59 Å². The smallest absolute Gasteiger partial charge is 0.243 e. The normalized spacial score (nSPS) is 19.0. The number of ketones is 1. The number of amides is 1. The zero-order valence-corrected chi connectivity index (χ0v) is 14.4. The molecule has 25 heavy (non-hydrogen) atoms. The number of fused-ring (bicyclic) bond motifs is 1. The van der Waals surface area contributed by atoms with Crippen LogP contribution in [0.2, 0.25) is 0 Å². The zero-order valence-electron chi connectivity index (χ0n) is 14.4. The van der Waals surface area contributed by atoms with Crippen LogP contribution in [0, 0.1) is 5.92 Å². The van der Waals surface area contributed by atoms with Gasteiger partial charge in [0.1, 0.15) is 11.9 Å². The summed E-state index contributed by atoms with van der Waals surface area (Å²) in [6, 6.07) is 13.2. The average molecular weight is 337 g/mol. The van der Waals surface area contributed by atoms with E-state index in [0.29, 0.717) is 17.9 Å². The highest BCUT2D eigenvalue weighted by molar-refractivity contribution is 6.07. The molecule has 2 unspecified atom stereocenters. The Morgan fingerprint density at radius 2 is 1.96 bits per heavy atom. The molecule has 1 aromatic heterocycles. The number of hydrogen-bond donors (Lipinski definition) is 2. The molecule has 2 atom stereocenters. The number of Topliss-reactive ketones (excluding diaryl/α,β-unsaturated/α-hetero) is 1. The Bertz CT molecular complexity index is 746. The number of nitrogens with zero attached hydrogens (tertiary/aromatic N) is 1. The van der Waals surface area contributed by atoms with E-state index in [-0.39, 0.29) is 11.7 Å². The molecule has 2 N–H and O–H groups in total. The monoisotopic (exact) mass is 337 g/mol. The SMILES string of the molecule is CC1C(=O)c2cccnc2NC1C(=O)NCCCCc1ccccc1. The number of hydrogen-bond acceptors (Lipinski definition) is 4. The fraction of sp³-hybridized carbons (Fsp3) is 0.350. The lowest BCUT2D eigenvalue weighted by Gasteiger charge is -2.29. The lowest BCUT2D eigenvalue weighted by Crippen LogP contribution is -2.49. The number of pyridine rings is 1. The molecule has 0 aliphatic carbocycles. The Morgan fingerprint density at radius 1 is 1.16 bits per heavy atom. The Hall–Kier alpha value is -2.69. The van der Waals surface area contributed by atoms with Crippen molar-refractivity contribution in [2.24, 2.45) is 5.92 Å². The molecule has 0 bridgehead atoms. The van der Waals surface area contributed by atoms with Gasteiger partial charge in [-0.1, -0.05) is 37.3 Å². The van der Waals surface area contributed by atoms with Crippen LogP contribution in [-0.2, 0) is 11.2 Å². The maximum absolute atomic E-state index is 12.4. The molecule has 2 heterocycles. The van der Waals surface area contributed by atoms with Crippen LogP contribution in [0.3, 0.4) is 0 Å². The summed E-state index contributed by atoms with van der Waals surface area (Å²) in [5.41, 5.74) is 1.87. The molecule has 0 saturated carbocycles. The van der Waals surface area contributed by atoms with Crippen molar-refractivity contribution in [1.82, 2.24) is 10.3 Å². The predicted molar refractivity (Wildman–Crippen MR) is 97.5 cm³/mol. The van der Waals surface area contributed by atoms with Gasteiger partial charge in [0.25, 0.3) is 0 Å². The van der Waals surface area contributed by atoms with E-state index >= 15 is 0 Å². The number of rotatable bonds is 6. The van der Waals surface area contributed by atoms with E-state index in [9.17, 15) is 9.59 Å². The number of nitrogens with one attached hydrogen (secondary N) is 2. The number of benzene rings is 1. The largest absolute Gasteiger partial charge is 0.357 e. The van der Waals surface area contributed by atoms with Gasteiger partial charge in [0.05, 0.1) is 5.56 Å². The molecule has 1 aliphatic heterocycles. The molecule has 130 valence electrons. The van der Waals surface area contributed by atoms with Gasteiger partial charge in [-0.05, 0) is 37.0 Å². The van der Waals surface area contributed by atoms with Crippen molar-refractivity contribution in [2.45, 2.75) is 32.2 Å². The van der Waals surface area contributed by atoms with Crippen LogP contribution in [0.5, 0.6) is 0 Å². The van der Waals surface area contributed by atoms with E-state index < -0.39 is 12.0 Å². The highest BCUT2D eigenvalue weighted by atomic mass is 16.2. The summed E-state index contributed by atoms with van der Waals surface area (Å²) < 4.78 is 0. The first-order chi connectivity index (χ1) is 12.2. The molecule has 5 heteroatoms. The topological polar surface area (TPSA) is 71.1 Å². The first kappa shape index (κ1) is 17.1. The molecule has 5 nitrogen and oxygen atoms in total. The van der Waals surface area contributed by atoms with E-state index in [2.05, 4.69) is 27.8 Å². The molecule has 0 fully saturated rings. The van der Waals surface area contributed by atoms with Crippen LogP contribution in [0.25, 0.3) is 0 Å². The third-order valence-electron chi connectivity index (χ3n) is 4.60. The van der Waals surface area contributed by atoms with Crippen LogP contribution in [-0.4, -0.2) is 29.3 Å². The van der Waals surface area contributed by atoms with Crippen molar-refractivity contribution in [2.75, 3.05) is 11.9 Å². The van der Waals surface area contributed by atoms with E-state index in [1.165, 1.54) is 5.56 Å². The summed E-state index contributed by atoms with van der Waals surface area (Å²) in [5.74, 6) is -0.0845.